The number of rotatable bonds is 4. The number of aromatic nitrogens is 2. The molecule has 0 unspecified atom stereocenters. The summed E-state index contributed by atoms with van der Waals surface area (Å²) in [6.07, 6.45) is 3.03. The highest BCUT2D eigenvalue weighted by Gasteiger charge is 2.16. The third-order valence-corrected chi connectivity index (χ3v) is 5.35. The van der Waals surface area contributed by atoms with Gasteiger partial charge in [-0.25, -0.2) is 14.3 Å². The Morgan fingerprint density at radius 1 is 0.897 bits per heavy atom. The summed E-state index contributed by atoms with van der Waals surface area (Å²) in [4.78, 5) is 16.6. The van der Waals surface area contributed by atoms with Crippen LogP contribution in [0.25, 0.3) is 33.3 Å². The lowest BCUT2D eigenvalue weighted by Gasteiger charge is -2.13. The van der Waals surface area contributed by atoms with Gasteiger partial charge < -0.3 is 4.74 Å². The second kappa shape index (κ2) is 7.92. The van der Waals surface area contributed by atoms with Gasteiger partial charge in [-0.1, -0.05) is 62.4 Å². The van der Waals surface area contributed by atoms with Gasteiger partial charge in [0.05, 0.1) is 18.1 Å². The minimum Gasteiger partial charge on any atom is -0.452 e. The number of methoxy groups -OCH3 is 1. The van der Waals surface area contributed by atoms with E-state index in [9.17, 15) is 4.79 Å². The topological polar surface area (TPSA) is 44.1 Å². The van der Waals surface area contributed by atoms with Crippen LogP contribution in [0.15, 0.2) is 67.0 Å². The number of carbonyl (C=O) groups is 1. The number of hydrogen-bond acceptors (Lipinski definition) is 3. The highest BCUT2D eigenvalue weighted by Crippen LogP contribution is 2.36. The Bertz CT molecular complexity index is 1190. The molecule has 0 radical (unpaired) electrons. The van der Waals surface area contributed by atoms with Crippen LogP contribution in [0.5, 0.6) is 0 Å². The van der Waals surface area contributed by atoms with E-state index in [2.05, 4.69) is 73.4 Å². The SMILES string of the molecule is CCc1cccc(-c2cc3ncn(C(=O)OC)c3cc2-c2cccc(CC)c2)c1. The molecule has 4 rings (SSSR count). The van der Waals surface area contributed by atoms with Crippen LogP contribution in [0.3, 0.4) is 0 Å². The summed E-state index contributed by atoms with van der Waals surface area (Å²) in [6, 6.07) is 21.3. The Hall–Kier alpha value is -3.40. The molecular weight excluding hydrogens is 360 g/mol. The Morgan fingerprint density at radius 3 is 2.03 bits per heavy atom. The number of aryl methyl sites for hydroxylation is 2. The number of fused-ring (bicyclic) bond motifs is 1. The quantitative estimate of drug-likeness (QED) is 0.426. The molecule has 0 saturated carbocycles. The molecule has 0 aliphatic carbocycles. The van der Waals surface area contributed by atoms with Crippen LogP contribution in [0, 0.1) is 0 Å². The van der Waals surface area contributed by atoms with Gasteiger partial charge in [-0.3, -0.25) is 0 Å². The fourth-order valence-corrected chi connectivity index (χ4v) is 3.69. The predicted molar refractivity (Wildman–Crippen MR) is 117 cm³/mol. The van der Waals surface area contributed by atoms with Crippen molar-refractivity contribution in [3.05, 3.63) is 78.1 Å². The van der Waals surface area contributed by atoms with Gasteiger partial charge >= 0.3 is 6.09 Å². The molecule has 4 heteroatoms. The van der Waals surface area contributed by atoms with Crippen LogP contribution < -0.4 is 0 Å². The molecule has 1 aromatic heterocycles. The molecule has 0 bridgehead atoms. The molecule has 4 nitrogen and oxygen atoms in total. The molecule has 29 heavy (non-hydrogen) atoms. The van der Waals surface area contributed by atoms with E-state index in [1.165, 1.54) is 29.1 Å². The Kier molecular flexibility index (Phi) is 5.17. The highest BCUT2D eigenvalue weighted by molar-refractivity contribution is 5.96. The van der Waals surface area contributed by atoms with Crippen molar-refractivity contribution in [1.29, 1.82) is 0 Å². The molecule has 0 atom stereocenters. The minimum atomic E-state index is -0.443. The predicted octanol–water partition coefficient (Wildman–Crippen LogP) is 6.11. The number of nitrogens with zero attached hydrogens (tertiary/aromatic N) is 2. The largest absolute Gasteiger partial charge is 0.452 e. The smallest absolute Gasteiger partial charge is 0.419 e. The first kappa shape index (κ1) is 18.9. The van der Waals surface area contributed by atoms with Crippen molar-refractivity contribution in [1.82, 2.24) is 9.55 Å². The Labute approximate surface area is 170 Å². The molecule has 3 aromatic carbocycles. The lowest BCUT2D eigenvalue weighted by Crippen LogP contribution is -2.09. The molecule has 0 amide bonds. The third kappa shape index (κ3) is 3.54. The van der Waals surface area contributed by atoms with Crippen molar-refractivity contribution in [3.8, 4) is 22.3 Å². The summed E-state index contributed by atoms with van der Waals surface area (Å²) in [6.45, 7) is 4.31. The highest BCUT2D eigenvalue weighted by atomic mass is 16.5. The Morgan fingerprint density at radius 2 is 1.48 bits per heavy atom. The standard InChI is InChI=1S/C25H24N2O2/c1-4-17-8-6-10-19(12-17)21-14-23-24(27(16-26-23)25(28)29-3)15-22(21)20-11-7-9-18(5-2)13-20/h6-16H,4-5H2,1-3H3. The van der Waals surface area contributed by atoms with E-state index in [4.69, 9.17) is 4.74 Å². The van der Waals surface area contributed by atoms with Gasteiger partial charge in [0, 0.05) is 0 Å². The average molecular weight is 384 g/mol. The fraction of sp³-hybridized carbons (Fsp3) is 0.200. The van der Waals surface area contributed by atoms with Crippen LogP contribution in [0.4, 0.5) is 4.79 Å². The molecule has 0 spiro atoms. The van der Waals surface area contributed by atoms with E-state index in [0.29, 0.717) is 0 Å². The van der Waals surface area contributed by atoms with Gasteiger partial charge in [0.25, 0.3) is 0 Å². The van der Waals surface area contributed by atoms with E-state index in [1.807, 2.05) is 6.07 Å². The number of carbonyl (C=O) groups excluding carboxylic acids is 1. The van der Waals surface area contributed by atoms with Crippen molar-refractivity contribution in [2.75, 3.05) is 7.11 Å². The molecule has 0 fully saturated rings. The molecule has 0 N–H and O–H groups in total. The molecule has 0 saturated heterocycles. The zero-order valence-electron chi connectivity index (χ0n) is 17.0. The van der Waals surface area contributed by atoms with Gasteiger partial charge in [-0.2, -0.15) is 0 Å². The fourth-order valence-electron chi connectivity index (χ4n) is 3.69. The zero-order valence-corrected chi connectivity index (χ0v) is 17.0. The maximum absolute atomic E-state index is 12.2. The zero-order chi connectivity index (χ0) is 20.4. The number of imidazole rings is 1. The van der Waals surface area contributed by atoms with E-state index >= 15 is 0 Å². The maximum atomic E-state index is 12.2. The number of ether oxygens (including phenoxy) is 1. The summed E-state index contributed by atoms with van der Waals surface area (Å²) in [5.41, 5.74) is 8.53. The lowest BCUT2D eigenvalue weighted by atomic mass is 9.92. The van der Waals surface area contributed by atoms with Crippen LogP contribution >= 0.6 is 0 Å². The van der Waals surface area contributed by atoms with Gasteiger partial charge in [0.15, 0.2) is 0 Å². The molecule has 0 aliphatic rings. The molecule has 4 aromatic rings. The van der Waals surface area contributed by atoms with Crippen LogP contribution in [0.1, 0.15) is 25.0 Å². The van der Waals surface area contributed by atoms with Gasteiger partial charge in [0.1, 0.15) is 6.33 Å². The summed E-state index contributed by atoms with van der Waals surface area (Å²) in [5.74, 6) is 0. The van der Waals surface area contributed by atoms with Gasteiger partial charge in [-0.15, -0.1) is 0 Å². The van der Waals surface area contributed by atoms with Crippen molar-refractivity contribution in [3.63, 3.8) is 0 Å². The maximum Gasteiger partial charge on any atom is 0.419 e. The minimum absolute atomic E-state index is 0.443. The van der Waals surface area contributed by atoms with Crippen molar-refractivity contribution < 1.29 is 9.53 Å². The summed E-state index contributed by atoms with van der Waals surface area (Å²) in [5, 5.41) is 0. The number of benzene rings is 3. The van der Waals surface area contributed by atoms with E-state index in [1.54, 1.807) is 0 Å². The first-order valence-corrected chi connectivity index (χ1v) is 9.92. The van der Waals surface area contributed by atoms with Gasteiger partial charge in [-0.05, 0) is 58.4 Å². The van der Waals surface area contributed by atoms with Crippen LogP contribution in [-0.2, 0) is 17.6 Å². The number of hydrogen-bond donors (Lipinski definition) is 0. The van der Waals surface area contributed by atoms with Gasteiger partial charge in [0.2, 0.25) is 0 Å². The van der Waals surface area contributed by atoms with Crippen molar-refractivity contribution in [2.45, 2.75) is 26.7 Å². The second-order valence-corrected chi connectivity index (χ2v) is 7.08. The Balaban J connectivity index is 2.01. The normalized spacial score (nSPS) is 11.0. The summed E-state index contributed by atoms with van der Waals surface area (Å²) >= 11 is 0. The van der Waals surface area contributed by atoms with Crippen LogP contribution in [0.2, 0.25) is 0 Å². The molecule has 1 heterocycles. The first-order chi connectivity index (χ1) is 14.1. The average Bonchev–Trinajstić information content (AvgIpc) is 3.20. The summed E-state index contributed by atoms with van der Waals surface area (Å²) in [7, 11) is 1.38. The summed E-state index contributed by atoms with van der Waals surface area (Å²) < 4.78 is 6.37. The van der Waals surface area contributed by atoms with Crippen LogP contribution in [-0.4, -0.2) is 22.8 Å². The lowest BCUT2D eigenvalue weighted by molar-refractivity contribution is 0.174. The van der Waals surface area contributed by atoms with Crippen molar-refractivity contribution >= 4 is 17.1 Å². The second-order valence-electron chi connectivity index (χ2n) is 7.08. The first-order valence-electron chi connectivity index (χ1n) is 9.92. The van der Waals surface area contributed by atoms with E-state index in [0.717, 1.165) is 46.1 Å². The van der Waals surface area contributed by atoms with E-state index < -0.39 is 6.09 Å². The van der Waals surface area contributed by atoms with Crippen molar-refractivity contribution in [2.24, 2.45) is 0 Å². The molecule has 0 aliphatic heterocycles. The monoisotopic (exact) mass is 384 g/mol. The third-order valence-electron chi connectivity index (χ3n) is 5.35. The molecule has 146 valence electrons. The van der Waals surface area contributed by atoms with E-state index in [-0.39, 0.29) is 0 Å². The molecular formula is C25H24N2O2.